The predicted molar refractivity (Wildman–Crippen MR) is 302 cm³/mol. The largest absolute Gasteiger partial charge is 0.462 e. The molecule has 0 radical (unpaired) electrons. The number of rotatable bonds is 50. The van der Waals surface area contributed by atoms with Gasteiger partial charge in [-0.2, -0.15) is 0 Å². The van der Waals surface area contributed by atoms with Crippen LogP contribution in [-0.4, -0.2) is 37.2 Å². The highest BCUT2D eigenvalue weighted by Gasteiger charge is 2.19. The van der Waals surface area contributed by atoms with Crippen molar-refractivity contribution in [1.82, 2.24) is 0 Å². The minimum Gasteiger partial charge on any atom is -0.462 e. The van der Waals surface area contributed by atoms with Crippen LogP contribution in [0.1, 0.15) is 245 Å². The number of hydrogen-bond donors (Lipinski definition) is 0. The molecule has 0 aromatic heterocycles. The van der Waals surface area contributed by atoms with Gasteiger partial charge in [0.2, 0.25) is 0 Å². The Morgan fingerprint density at radius 2 is 0.557 bits per heavy atom. The third-order valence-electron chi connectivity index (χ3n) is 11.7. The third-order valence-corrected chi connectivity index (χ3v) is 11.7. The zero-order chi connectivity index (χ0) is 50.7. The van der Waals surface area contributed by atoms with Crippen LogP contribution in [0, 0.1) is 0 Å². The van der Waals surface area contributed by atoms with Crippen molar-refractivity contribution >= 4 is 17.9 Å². The van der Waals surface area contributed by atoms with Gasteiger partial charge in [-0.15, -0.1) is 0 Å². The van der Waals surface area contributed by atoms with Gasteiger partial charge in [0.15, 0.2) is 6.10 Å². The van der Waals surface area contributed by atoms with E-state index in [-0.39, 0.29) is 31.1 Å². The molecule has 6 nitrogen and oxygen atoms in total. The van der Waals surface area contributed by atoms with E-state index in [4.69, 9.17) is 14.2 Å². The van der Waals surface area contributed by atoms with E-state index in [0.29, 0.717) is 19.3 Å². The minimum atomic E-state index is -0.800. The summed E-state index contributed by atoms with van der Waals surface area (Å²) in [5.74, 6) is -0.941. The first-order chi connectivity index (χ1) is 34.5. The summed E-state index contributed by atoms with van der Waals surface area (Å²) in [6, 6.07) is 0. The molecule has 0 aliphatic rings. The molecule has 0 heterocycles. The van der Waals surface area contributed by atoms with Gasteiger partial charge in [0.25, 0.3) is 0 Å². The zero-order valence-electron chi connectivity index (χ0n) is 45.2. The number of unbranched alkanes of at least 4 members (excludes halogenated alkanes) is 19. The first-order valence-electron chi connectivity index (χ1n) is 28.5. The van der Waals surface area contributed by atoms with E-state index in [1.165, 1.54) is 44.9 Å². The van der Waals surface area contributed by atoms with Gasteiger partial charge in [-0.3, -0.25) is 14.4 Å². The highest BCUT2D eigenvalue weighted by molar-refractivity contribution is 5.71. The monoisotopic (exact) mass is 969 g/mol. The van der Waals surface area contributed by atoms with Crippen molar-refractivity contribution in [2.24, 2.45) is 0 Å². The van der Waals surface area contributed by atoms with Crippen LogP contribution < -0.4 is 0 Å². The molecule has 0 saturated heterocycles. The third kappa shape index (κ3) is 54.7. The molecule has 6 heteroatoms. The maximum absolute atomic E-state index is 12.8. The number of ether oxygens (including phenoxy) is 3. The molecule has 0 aromatic rings. The van der Waals surface area contributed by atoms with Gasteiger partial charge >= 0.3 is 17.9 Å². The standard InChI is InChI=1S/C64H104O6/c1-4-7-10-13-16-19-22-25-27-28-29-30-31-32-33-34-35-36-38-39-42-45-48-51-54-57-63(66)69-60-61(59-68-62(65)56-53-50-47-44-41-24-21-18-15-12-9-6-3)70-64(67)58-55-52-49-46-43-40-37-26-23-20-17-14-11-8-5-2/h7-8,10-11,16-21,25-27,29-30,32-33,35-37,61H,4-6,9,12-15,22-24,28,31,34,38-60H2,1-3H3/b10-7-,11-8-,19-16-,20-17-,21-18-,27-25-,30-29-,33-32-,36-35-,37-26-. The number of allylic oxidation sites excluding steroid dienone is 20. The molecule has 0 saturated carbocycles. The summed E-state index contributed by atoms with van der Waals surface area (Å²) in [6.45, 7) is 6.35. The summed E-state index contributed by atoms with van der Waals surface area (Å²) in [5.41, 5.74) is 0. The molecular formula is C64H104O6. The fourth-order valence-corrected chi connectivity index (χ4v) is 7.45. The van der Waals surface area contributed by atoms with Gasteiger partial charge in [0.05, 0.1) is 0 Å². The Labute approximate surface area is 431 Å². The normalized spacial score (nSPS) is 13.0. The van der Waals surface area contributed by atoms with Gasteiger partial charge in [0, 0.05) is 19.3 Å². The van der Waals surface area contributed by atoms with Crippen LogP contribution >= 0.6 is 0 Å². The van der Waals surface area contributed by atoms with Crippen LogP contribution in [0.5, 0.6) is 0 Å². The molecule has 0 bridgehead atoms. The fraction of sp³-hybridized carbons (Fsp3) is 0.641. The summed E-state index contributed by atoms with van der Waals surface area (Å²) in [4.78, 5) is 38.1. The van der Waals surface area contributed by atoms with Crippen molar-refractivity contribution in [3.63, 3.8) is 0 Å². The Morgan fingerprint density at radius 3 is 0.886 bits per heavy atom. The van der Waals surface area contributed by atoms with E-state index in [9.17, 15) is 14.4 Å². The Kier molecular flexibility index (Phi) is 54.0. The van der Waals surface area contributed by atoms with E-state index < -0.39 is 6.10 Å². The lowest BCUT2D eigenvalue weighted by atomic mass is 10.1. The van der Waals surface area contributed by atoms with Crippen molar-refractivity contribution in [1.29, 1.82) is 0 Å². The average Bonchev–Trinajstić information content (AvgIpc) is 3.36. The number of esters is 3. The zero-order valence-corrected chi connectivity index (χ0v) is 45.2. The van der Waals surface area contributed by atoms with Gasteiger partial charge in [-0.1, -0.05) is 219 Å². The molecule has 0 N–H and O–H groups in total. The van der Waals surface area contributed by atoms with E-state index in [1.807, 2.05) is 0 Å². The number of carbonyl (C=O) groups excluding carboxylic acids is 3. The van der Waals surface area contributed by atoms with Gasteiger partial charge in [0.1, 0.15) is 13.2 Å². The molecule has 396 valence electrons. The van der Waals surface area contributed by atoms with Crippen molar-refractivity contribution in [2.75, 3.05) is 13.2 Å². The van der Waals surface area contributed by atoms with Crippen LogP contribution in [0.15, 0.2) is 122 Å². The summed E-state index contributed by atoms with van der Waals surface area (Å²) >= 11 is 0. The molecule has 0 rings (SSSR count). The van der Waals surface area contributed by atoms with Gasteiger partial charge in [-0.05, 0) is 128 Å². The quantitative estimate of drug-likeness (QED) is 0.0262. The van der Waals surface area contributed by atoms with E-state index in [0.717, 1.165) is 161 Å². The van der Waals surface area contributed by atoms with E-state index >= 15 is 0 Å². The number of hydrogen-bond acceptors (Lipinski definition) is 6. The molecular weight excluding hydrogens is 865 g/mol. The Bertz CT molecular complexity index is 1490. The molecule has 1 atom stereocenters. The smallest absolute Gasteiger partial charge is 0.306 e. The van der Waals surface area contributed by atoms with E-state index in [1.54, 1.807) is 0 Å². The maximum atomic E-state index is 12.8. The maximum Gasteiger partial charge on any atom is 0.306 e. The van der Waals surface area contributed by atoms with Crippen molar-refractivity contribution in [3.05, 3.63) is 122 Å². The van der Waals surface area contributed by atoms with Gasteiger partial charge in [-0.25, -0.2) is 0 Å². The summed E-state index contributed by atoms with van der Waals surface area (Å²) < 4.78 is 16.8. The highest BCUT2D eigenvalue weighted by Crippen LogP contribution is 2.14. The molecule has 0 aliphatic carbocycles. The summed E-state index contributed by atoms with van der Waals surface area (Å²) in [5, 5.41) is 0. The topological polar surface area (TPSA) is 78.9 Å². The minimum absolute atomic E-state index is 0.0970. The molecule has 0 aliphatic heterocycles. The average molecular weight is 970 g/mol. The molecule has 0 aromatic carbocycles. The van der Waals surface area contributed by atoms with E-state index in [2.05, 4.69) is 142 Å². The molecule has 0 fully saturated rings. The van der Waals surface area contributed by atoms with Crippen molar-refractivity contribution < 1.29 is 28.6 Å². The van der Waals surface area contributed by atoms with Gasteiger partial charge < -0.3 is 14.2 Å². The van der Waals surface area contributed by atoms with Crippen molar-refractivity contribution in [2.45, 2.75) is 252 Å². The van der Waals surface area contributed by atoms with Crippen LogP contribution in [0.4, 0.5) is 0 Å². The predicted octanol–water partition coefficient (Wildman–Crippen LogP) is 19.3. The summed E-state index contributed by atoms with van der Waals surface area (Å²) in [6.07, 6.45) is 79.0. The Balaban J connectivity index is 4.39. The Hall–Kier alpha value is -4.19. The molecule has 0 amide bonds. The second kappa shape index (κ2) is 57.4. The molecule has 0 spiro atoms. The highest BCUT2D eigenvalue weighted by atomic mass is 16.6. The van der Waals surface area contributed by atoms with Crippen LogP contribution in [-0.2, 0) is 28.6 Å². The summed E-state index contributed by atoms with van der Waals surface area (Å²) in [7, 11) is 0. The Morgan fingerprint density at radius 1 is 0.300 bits per heavy atom. The lowest BCUT2D eigenvalue weighted by Crippen LogP contribution is -2.30. The lowest BCUT2D eigenvalue weighted by molar-refractivity contribution is -0.167. The van der Waals surface area contributed by atoms with Crippen molar-refractivity contribution in [3.8, 4) is 0 Å². The second-order valence-electron chi connectivity index (χ2n) is 18.4. The first-order valence-corrected chi connectivity index (χ1v) is 28.5. The first kappa shape index (κ1) is 65.8. The van der Waals surface area contributed by atoms with Crippen LogP contribution in [0.25, 0.3) is 0 Å². The van der Waals surface area contributed by atoms with Crippen LogP contribution in [0.3, 0.4) is 0 Å². The second-order valence-corrected chi connectivity index (χ2v) is 18.4. The molecule has 70 heavy (non-hydrogen) atoms. The lowest BCUT2D eigenvalue weighted by Gasteiger charge is -2.18. The fourth-order valence-electron chi connectivity index (χ4n) is 7.45. The van der Waals surface area contributed by atoms with Crippen LogP contribution in [0.2, 0.25) is 0 Å². The SMILES string of the molecule is CC/C=C\C/C=C\C/C=C\C/C=C\C/C=C\C/C=C\CCCCCCCCC(=O)OCC(COC(=O)CCCCCCC/C=C\CCCCC)OC(=O)CCCCCCC/C=C\C/C=C\C/C=C\CC. The number of carbonyl (C=O) groups is 3. The molecule has 1 unspecified atom stereocenters.